The highest BCUT2D eigenvalue weighted by molar-refractivity contribution is 6.02. The molecule has 1 saturated heterocycles. The quantitative estimate of drug-likeness (QED) is 0.772. The van der Waals surface area contributed by atoms with E-state index in [1.54, 1.807) is 18.2 Å². The third kappa shape index (κ3) is 2.11. The minimum absolute atomic E-state index is 0.0520. The molecule has 0 N–H and O–H groups in total. The number of pyridine rings is 1. The van der Waals surface area contributed by atoms with Crippen molar-refractivity contribution >= 4 is 28.7 Å². The largest absolute Gasteiger partial charge is 0.382 e. The molecule has 0 spiro atoms. The van der Waals surface area contributed by atoms with Crippen molar-refractivity contribution in [1.82, 2.24) is 10.0 Å². The average molecular weight is 270 g/mol. The van der Waals surface area contributed by atoms with Crippen LogP contribution in [-0.4, -0.2) is 27.8 Å². The Morgan fingerprint density at radius 2 is 1.75 bits per heavy atom. The summed E-state index contributed by atoms with van der Waals surface area (Å²) in [5.41, 5.74) is 0.692. The first-order valence-electron chi connectivity index (χ1n) is 6.09. The second-order valence-electron chi connectivity index (χ2n) is 4.35. The number of imide groups is 1. The van der Waals surface area contributed by atoms with E-state index in [2.05, 4.69) is 4.98 Å². The van der Waals surface area contributed by atoms with Gasteiger partial charge in [-0.15, -0.1) is 5.06 Å². The van der Waals surface area contributed by atoms with E-state index in [1.165, 1.54) is 6.07 Å². The van der Waals surface area contributed by atoms with Gasteiger partial charge in [0.2, 0.25) is 0 Å². The zero-order valence-corrected chi connectivity index (χ0v) is 10.4. The van der Waals surface area contributed by atoms with Gasteiger partial charge in [0.15, 0.2) is 5.69 Å². The van der Waals surface area contributed by atoms with Gasteiger partial charge in [-0.3, -0.25) is 9.59 Å². The van der Waals surface area contributed by atoms with Crippen molar-refractivity contribution < 1.29 is 19.2 Å². The van der Waals surface area contributed by atoms with Crippen LogP contribution in [0.25, 0.3) is 10.9 Å². The van der Waals surface area contributed by atoms with Crippen LogP contribution in [0.5, 0.6) is 0 Å². The Labute approximate surface area is 113 Å². The summed E-state index contributed by atoms with van der Waals surface area (Å²) >= 11 is 0. The van der Waals surface area contributed by atoms with Crippen LogP contribution < -0.4 is 0 Å². The number of amides is 2. The molecule has 2 amide bonds. The van der Waals surface area contributed by atoms with Crippen molar-refractivity contribution in [3.63, 3.8) is 0 Å². The monoisotopic (exact) mass is 270 g/mol. The number of carbonyl (C=O) groups is 3. The van der Waals surface area contributed by atoms with Gasteiger partial charge < -0.3 is 4.84 Å². The van der Waals surface area contributed by atoms with E-state index >= 15 is 0 Å². The molecule has 6 heteroatoms. The summed E-state index contributed by atoms with van der Waals surface area (Å²) in [6.07, 6.45) is 0.133. The minimum atomic E-state index is -0.820. The summed E-state index contributed by atoms with van der Waals surface area (Å²) in [6, 6.07) is 10.5. The first kappa shape index (κ1) is 12.3. The second-order valence-corrected chi connectivity index (χ2v) is 4.35. The number of para-hydroxylation sites is 1. The zero-order chi connectivity index (χ0) is 14.1. The normalized spacial score (nSPS) is 14.9. The Bertz CT molecular complexity index is 710. The molecule has 1 aromatic carbocycles. The molecule has 0 bridgehead atoms. The molecule has 2 heterocycles. The van der Waals surface area contributed by atoms with Crippen LogP contribution in [0.4, 0.5) is 0 Å². The van der Waals surface area contributed by atoms with Gasteiger partial charge in [0.25, 0.3) is 11.8 Å². The molecule has 3 rings (SSSR count). The van der Waals surface area contributed by atoms with Crippen molar-refractivity contribution in [2.75, 3.05) is 0 Å². The summed E-state index contributed by atoms with van der Waals surface area (Å²) < 4.78 is 0. The Balaban J connectivity index is 1.85. The fourth-order valence-corrected chi connectivity index (χ4v) is 1.97. The van der Waals surface area contributed by atoms with Crippen molar-refractivity contribution in [3.05, 3.63) is 42.1 Å². The lowest BCUT2D eigenvalue weighted by Crippen LogP contribution is -2.32. The van der Waals surface area contributed by atoms with Crippen molar-refractivity contribution in [2.45, 2.75) is 12.8 Å². The van der Waals surface area contributed by atoms with Crippen LogP contribution in [-0.2, 0) is 14.4 Å². The van der Waals surface area contributed by atoms with E-state index in [0.29, 0.717) is 10.6 Å². The molecule has 0 aliphatic carbocycles. The number of hydrogen-bond acceptors (Lipinski definition) is 5. The number of benzene rings is 1. The molecular formula is C14H10N2O4. The SMILES string of the molecule is O=C(ON1C(=O)CCC1=O)c1ccc2ccccc2n1. The lowest BCUT2D eigenvalue weighted by molar-refractivity contribution is -0.172. The second kappa shape index (κ2) is 4.73. The van der Waals surface area contributed by atoms with Crippen LogP contribution in [0.1, 0.15) is 23.3 Å². The van der Waals surface area contributed by atoms with E-state index < -0.39 is 17.8 Å². The summed E-state index contributed by atoms with van der Waals surface area (Å²) in [6.45, 7) is 0. The zero-order valence-electron chi connectivity index (χ0n) is 10.4. The summed E-state index contributed by atoms with van der Waals surface area (Å²) in [7, 11) is 0. The summed E-state index contributed by atoms with van der Waals surface area (Å²) in [4.78, 5) is 43.6. The molecule has 0 atom stereocenters. The number of hydroxylamine groups is 2. The fourth-order valence-electron chi connectivity index (χ4n) is 1.97. The predicted molar refractivity (Wildman–Crippen MR) is 68.2 cm³/mol. The number of carbonyl (C=O) groups excluding carboxylic acids is 3. The Morgan fingerprint density at radius 3 is 2.50 bits per heavy atom. The van der Waals surface area contributed by atoms with Gasteiger partial charge in [0, 0.05) is 18.2 Å². The summed E-state index contributed by atoms with van der Waals surface area (Å²) in [5.74, 6) is -1.84. The lowest BCUT2D eigenvalue weighted by Gasteiger charge is -2.12. The Kier molecular flexibility index (Phi) is 2.90. The maximum Gasteiger partial charge on any atom is 0.382 e. The van der Waals surface area contributed by atoms with Crippen LogP contribution in [0, 0.1) is 0 Å². The number of hydrogen-bond donors (Lipinski definition) is 0. The fraction of sp³-hybridized carbons (Fsp3) is 0.143. The summed E-state index contributed by atoms with van der Waals surface area (Å²) in [5, 5.41) is 1.40. The predicted octanol–water partition coefficient (Wildman–Crippen LogP) is 1.46. The first-order chi connectivity index (χ1) is 9.65. The molecule has 2 aromatic rings. The molecular weight excluding hydrogens is 260 g/mol. The van der Waals surface area contributed by atoms with Gasteiger partial charge in [0.1, 0.15) is 0 Å². The molecule has 0 radical (unpaired) electrons. The molecule has 1 aromatic heterocycles. The highest BCUT2D eigenvalue weighted by Gasteiger charge is 2.33. The minimum Gasteiger partial charge on any atom is -0.323 e. The van der Waals surface area contributed by atoms with Gasteiger partial charge in [0.05, 0.1) is 5.52 Å². The Hall–Kier alpha value is -2.76. The lowest BCUT2D eigenvalue weighted by atomic mass is 10.2. The number of fused-ring (bicyclic) bond motifs is 1. The van der Waals surface area contributed by atoms with Gasteiger partial charge in [-0.05, 0) is 12.1 Å². The van der Waals surface area contributed by atoms with Crippen LogP contribution in [0.15, 0.2) is 36.4 Å². The van der Waals surface area contributed by atoms with Gasteiger partial charge in [-0.1, -0.05) is 24.3 Å². The van der Waals surface area contributed by atoms with Crippen molar-refractivity contribution in [2.24, 2.45) is 0 Å². The molecule has 1 aliphatic rings. The molecule has 0 unspecified atom stereocenters. The number of nitrogens with zero attached hydrogens (tertiary/aromatic N) is 2. The van der Waals surface area contributed by atoms with E-state index in [-0.39, 0.29) is 18.5 Å². The molecule has 1 fully saturated rings. The number of aromatic nitrogens is 1. The maximum atomic E-state index is 11.9. The van der Waals surface area contributed by atoms with Gasteiger partial charge in [-0.25, -0.2) is 9.78 Å². The average Bonchev–Trinajstić information content (AvgIpc) is 2.78. The first-order valence-corrected chi connectivity index (χ1v) is 6.09. The van der Waals surface area contributed by atoms with Crippen LogP contribution in [0.2, 0.25) is 0 Å². The molecule has 6 nitrogen and oxygen atoms in total. The van der Waals surface area contributed by atoms with Gasteiger partial charge >= 0.3 is 5.97 Å². The van der Waals surface area contributed by atoms with E-state index in [1.807, 2.05) is 12.1 Å². The highest BCUT2D eigenvalue weighted by atomic mass is 16.7. The van der Waals surface area contributed by atoms with Gasteiger partial charge in [-0.2, -0.15) is 0 Å². The van der Waals surface area contributed by atoms with E-state index in [4.69, 9.17) is 4.84 Å². The van der Waals surface area contributed by atoms with E-state index in [9.17, 15) is 14.4 Å². The maximum absolute atomic E-state index is 11.9. The van der Waals surface area contributed by atoms with E-state index in [0.717, 1.165) is 5.39 Å². The van der Waals surface area contributed by atoms with Crippen molar-refractivity contribution in [3.8, 4) is 0 Å². The third-order valence-electron chi connectivity index (χ3n) is 2.99. The highest BCUT2D eigenvalue weighted by Crippen LogP contribution is 2.16. The third-order valence-corrected chi connectivity index (χ3v) is 2.99. The Morgan fingerprint density at radius 1 is 1.05 bits per heavy atom. The molecule has 20 heavy (non-hydrogen) atoms. The van der Waals surface area contributed by atoms with Crippen LogP contribution >= 0.6 is 0 Å². The molecule has 1 aliphatic heterocycles. The standard InChI is InChI=1S/C14H10N2O4/c17-12-7-8-13(18)16(12)20-14(19)11-6-5-9-3-1-2-4-10(9)15-11/h1-6H,7-8H2. The van der Waals surface area contributed by atoms with Crippen LogP contribution in [0.3, 0.4) is 0 Å². The smallest absolute Gasteiger partial charge is 0.323 e. The topological polar surface area (TPSA) is 76.6 Å². The number of rotatable bonds is 2. The molecule has 100 valence electrons. The molecule has 0 saturated carbocycles. The van der Waals surface area contributed by atoms with Crippen molar-refractivity contribution in [1.29, 1.82) is 0 Å².